The third kappa shape index (κ3) is 1.90. The van der Waals surface area contributed by atoms with Gasteiger partial charge in [0.1, 0.15) is 12.0 Å². The van der Waals surface area contributed by atoms with Crippen molar-refractivity contribution in [3.05, 3.63) is 46.4 Å². The molecule has 2 aromatic rings. The number of esters is 1. The number of carbonyl (C=O) groups is 1. The molecule has 0 saturated carbocycles. The van der Waals surface area contributed by atoms with E-state index in [1.165, 1.54) is 30.1 Å². The van der Waals surface area contributed by atoms with Crippen LogP contribution in [0.1, 0.15) is 10.6 Å². The lowest BCUT2D eigenvalue weighted by molar-refractivity contribution is -0.129. The number of carbonyl (C=O) groups excluding carboxylic acids is 1. The van der Waals surface area contributed by atoms with Gasteiger partial charge in [-0.15, -0.1) is 11.3 Å². The molecule has 0 bridgehead atoms. The van der Waals surface area contributed by atoms with Crippen molar-refractivity contribution in [2.24, 2.45) is 4.99 Å². The van der Waals surface area contributed by atoms with Crippen LogP contribution in [0.25, 0.3) is 6.08 Å². The van der Waals surface area contributed by atoms with Gasteiger partial charge in [-0.25, -0.2) is 14.8 Å². The molecule has 0 atom stereocenters. The molecule has 0 N–H and O–H groups in total. The highest BCUT2D eigenvalue weighted by Gasteiger charge is 2.24. The number of rotatable bonds is 2. The third-order valence-corrected chi connectivity index (χ3v) is 2.95. The quantitative estimate of drug-likeness (QED) is 0.601. The Labute approximate surface area is 100 Å². The Bertz CT molecular complexity index is 597. The minimum absolute atomic E-state index is 0.224. The lowest BCUT2D eigenvalue weighted by atomic mass is 10.3. The first-order chi connectivity index (χ1) is 8.33. The van der Waals surface area contributed by atoms with E-state index >= 15 is 0 Å². The predicted octanol–water partition coefficient (Wildman–Crippen LogP) is 2.08. The highest BCUT2D eigenvalue weighted by Crippen LogP contribution is 2.20. The predicted molar refractivity (Wildman–Crippen MR) is 61.4 cm³/mol. The van der Waals surface area contributed by atoms with Gasteiger partial charge in [-0.3, -0.25) is 0 Å². The number of hydrogen-bond donors (Lipinski definition) is 0. The number of hydrogen-bond acceptors (Lipinski definition) is 6. The second-order valence-electron chi connectivity index (χ2n) is 3.23. The van der Waals surface area contributed by atoms with E-state index in [4.69, 9.17) is 9.15 Å². The first-order valence-corrected chi connectivity index (χ1v) is 5.65. The molecule has 2 aromatic heterocycles. The maximum Gasteiger partial charge on any atom is 0.363 e. The molecule has 3 rings (SSSR count). The normalized spacial score (nSPS) is 17.3. The number of cyclic esters (lactones) is 1. The zero-order valence-corrected chi connectivity index (χ0v) is 9.31. The van der Waals surface area contributed by atoms with Gasteiger partial charge >= 0.3 is 5.97 Å². The van der Waals surface area contributed by atoms with E-state index in [0.717, 1.165) is 4.88 Å². The van der Waals surface area contributed by atoms with Gasteiger partial charge in [-0.05, 0) is 11.4 Å². The van der Waals surface area contributed by atoms with Crippen molar-refractivity contribution in [1.82, 2.24) is 4.98 Å². The summed E-state index contributed by atoms with van der Waals surface area (Å²) in [7, 11) is 0. The van der Waals surface area contributed by atoms with E-state index in [1.807, 2.05) is 17.5 Å². The number of nitrogens with zero attached hydrogens (tertiary/aromatic N) is 2. The van der Waals surface area contributed by atoms with Crippen LogP contribution in [0.3, 0.4) is 0 Å². The summed E-state index contributed by atoms with van der Waals surface area (Å²) in [4.78, 5) is 20.4. The summed E-state index contributed by atoms with van der Waals surface area (Å²) in [5.74, 6) is -0.142. The van der Waals surface area contributed by atoms with Crippen molar-refractivity contribution in [2.45, 2.75) is 0 Å². The number of ether oxygens (including phenoxy) is 1. The first kappa shape index (κ1) is 9.98. The molecule has 0 fully saturated rings. The standard InChI is InChI=1S/C11H6N2O3S/c14-11-8(4-7-5-15-6-12-7)13-10(16-11)9-2-1-3-17-9/h1-6H/b8-4-. The summed E-state index contributed by atoms with van der Waals surface area (Å²) in [5.41, 5.74) is 0.760. The Hall–Kier alpha value is -2.21. The van der Waals surface area contributed by atoms with Crippen LogP contribution in [0.5, 0.6) is 0 Å². The van der Waals surface area contributed by atoms with Crippen LogP contribution in [0, 0.1) is 0 Å². The van der Waals surface area contributed by atoms with Crippen molar-refractivity contribution in [2.75, 3.05) is 0 Å². The molecule has 0 aliphatic carbocycles. The summed E-state index contributed by atoms with van der Waals surface area (Å²) < 4.78 is 9.87. The summed E-state index contributed by atoms with van der Waals surface area (Å²) in [6.07, 6.45) is 4.24. The van der Waals surface area contributed by atoms with Gasteiger partial charge in [-0.2, -0.15) is 0 Å². The fourth-order valence-electron chi connectivity index (χ4n) is 1.35. The monoisotopic (exact) mass is 246 g/mol. The second-order valence-corrected chi connectivity index (χ2v) is 4.17. The van der Waals surface area contributed by atoms with E-state index in [9.17, 15) is 4.79 Å². The van der Waals surface area contributed by atoms with Crippen LogP contribution in [0.4, 0.5) is 0 Å². The lowest BCUT2D eigenvalue weighted by Gasteiger charge is -1.92. The van der Waals surface area contributed by atoms with Crippen LogP contribution < -0.4 is 0 Å². The maximum atomic E-state index is 11.5. The van der Waals surface area contributed by atoms with Crippen molar-refractivity contribution < 1.29 is 13.9 Å². The first-order valence-electron chi connectivity index (χ1n) is 4.77. The molecule has 17 heavy (non-hydrogen) atoms. The van der Waals surface area contributed by atoms with Crippen LogP contribution in [0.15, 0.2) is 45.3 Å². The molecule has 0 unspecified atom stereocenters. The smallest absolute Gasteiger partial charge is 0.363 e. The number of aromatic nitrogens is 1. The van der Waals surface area contributed by atoms with E-state index in [1.54, 1.807) is 0 Å². The van der Waals surface area contributed by atoms with Crippen LogP contribution in [-0.4, -0.2) is 16.9 Å². The summed E-state index contributed by atoms with van der Waals surface area (Å²) >= 11 is 1.46. The Morgan fingerprint density at radius 2 is 2.35 bits per heavy atom. The summed E-state index contributed by atoms with van der Waals surface area (Å²) in [6, 6.07) is 3.71. The maximum absolute atomic E-state index is 11.5. The second kappa shape index (κ2) is 3.99. The molecule has 6 heteroatoms. The molecular formula is C11H6N2O3S. The molecule has 0 amide bonds. The molecule has 0 saturated heterocycles. The molecule has 1 aliphatic heterocycles. The molecule has 0 spiro atoms. The van der Waals surface area contributed by atoms with E-state index in [2.05, 4.69) is 9.98 Å². The Balaban J connectivity index is 1.95. The van der Waals surface area contributed by atoms with Gasteiger partial charge in [0.25, 0.3) is 0 Å². The Kier molecular flexibility index (Phi) is 2.34. The largest absolute Gasteiger partial charge is 0.451 e. The highest BCUT2D eigenvalue weighted by atomic mass is 32.1. The molecule has 0 radical (unpaired) electrons. The fourth-order valence-corrected chi connectivity index (χ4v) is 2.00. The van der Waals surface area contributed by atoms with Crippen molar-refractivity contribution in [1.29, 1.82) is 0 Å². The average molecular weight is 246 g/mol. The van der Waals surface area contributed by atoms with Gasteiger partial charge in [-0.1, -0.05) is 6.07 Å². The number of oxazole rings is 1. The topological polar surface area (TPSA) is 64.7 Å². The third-order valence-electron chi connectivity index (χ3n) is 2.09. The van der Waals surface area contributed by atoms with Crippen LogP contribution in [0.2, 0.25) is 0 Å². The molecule has 5 nitrogen and oxygen atoms in total. The molecule has 0 aromatic carbocycles. The molecule has 1 aliphatic rings. The van der Waals surface area contributed by atoms with E-state index in [0.29, 0.717) is 11.6 Å². The zero-order chi connectivity index (χ0) is 11.7. The van der Waals surface area contributed by atoms with Crippen LogP contribution >= 0.6 is 11.3 Å². The molecule has 3 heterocycles. The van der Waals surface area contributed by atoms with Gasteiger partial charge in [0, 0.05) is 6.08 Å². The minimum atomic E-state index is -0.476. The molecule has 84 valence electrons. The van der Waals surface area contributed by atoms with Crippen molar-refractivity contribution >= 4 is 29.3 Å². The summed E-state index contributed by atoms with van der Waals surface area (Å²) in [5, 5.41) is 1.89. The van der Waals surface area contributed by atoms with Gasteiger partial charge < -0.3 is 9.15 Å². The Morgan fingerprint density at radius 1 is 1.41 bits per heavy atom. The fraction of sp³-hybridized carbons (Fsp3) is 0. The van der Waals surface area contributed by atoms with Gasteiger partial charge in [0.15, 0.2) is 12.1 Å². The number of aliphatic imine (C=N–C) groups is 1. The van der Waals surface area contributed by atoms with E-state index in [-0.39, 0.29) is 5.70 Å². The van der Waals surface area contributed by atoms with E-state index < -0.39 is 5.97 Å². The van der Waals surface area contributed by atoms with Crippen LogP contribution in [-0.2, 0) is 9.53 Å². The minimum Gasteiger partial charge on any atom is -0.451 e. The molecular weight excluding hydrogens is 240 g/mol. The Morgan fingerprint density at radius 3 is 3.06 bits per heavy atom. The van der Waals surface area contributed by atoms with Crippen molar-refractivity contribution in [3.8, 4) is 0 Å². The zero-order valence-electron chi connectivity index (χ0n) is 8.49. The van der Waals surface area contributed by atoms with Gasteiger partial charge in [0.05, 0.1) is 4.88 Å². The SMILES string of the molecule is O=C1OC(c2cccs2)=N/C1=C\c1cocn1. The lowest BCUT2D eigenvalue weighted by Crippen LogP contribution is -2.03. The van der Waals surface area contributed by atoms with Gasteiger partial charge in [0.2, 0.25) is 5.90 Å². The average Bonchev–Trinajstić information content (AvgIpc) is 3.02. The summed E-state index contributed by atoms with van der Waals surface area (Å²) in [6.45, 7) is 0. The highest BCUT2D eigenvalue weighted by molar-refractivity contribution is 7.12. The number of thiophene rings is 1. The van der Waals surface area contributed by atoms with Crippen molar-refractivity contribution in [3.63, 3.8) is 0 Å².